The lowest BCUT2D eigenvalue weighted by Crippen LogP contribution is -2.29. The van der Waals surface area contributed by atoms with Gasteiger partial charge in [0, 0.05) is 13.0 Å². The molecule has 1 aliphatic heterocycles. The lowest BCUT2D eigenvalue weighted by atomic mass is 10.1. The van der Waals surface area contributed by atoms with Crippen LogP contribution in [0.25, 0.3) is 6.08 Å². The number of carbonyl (C=O) groups excluding carboxylic acids is 2. The van der Waals surface area contributed by atoms with Crippen LogP contribution in [-0.4, -0.2) is 34.2 Å². The second kappa shape index (κ2) is 12.0. The summed E-state index contributed by atoms with van der Waals surface area (Å²) in [5.41, 5.74) is 2.19. The predicted molar refractivity (Wildman–Crippen MR) is 120 cm³/mol. The molecule has 0 bridgehead atoms. The molecule has 0 saturated carbocycles. The van der Waals surface area contributed by atoms with Gasteiger partial charge in [0.2, 0.25) is 0 Å². The third kappa shape index (κ3) is 7.40. The summed E-state index contributed by atoms with van der Waals surface area (Å²) < 4.78 is 5.81. The van der Waals surface area contributed by atoms with E-state index in [2.05, 4.69) is 6.92 Å². The van der Waals surface area contributed by atoms with Crippen molar-refractivity contribution in [2.45, 2.75) is 58.8 Å². The monoisotopic (exact) mass is 419 g/mol. The molecule has 1 amide bonds. The Balaban J connectivity index is 1.70. The van der Waals surface area contributed by atoms with E-state index >= 15 is 0 Å². The molecule has 1 saturated heterocycles. The van der Waals surface area contributed by atoms with Crippen LogP contribution in [0.15, 0.2) is 29.2 Å². The van der Waals surface area contributed by atoms with Gasteiger partial charge in [-0.15, -0.1) is 0 Å². The zero-order chi connectivity index (χ0) is 20.4. The summed E-state index contributed by atoms with van der Waals surface area (Å²) in [5, 5.41) is 0. The fourth-order valence-electron chi connectivity index (χ4n) is 2.83. The minimum Gasteiger partial charge on any atom is -0.466 e. The Morgan fingerprint density at radius 1 is 1.14 bits per heavy atom. The van der Waals surface area contributed by atoms with Crippen molar-refractivity contribution in [2.24, 2.45) is 0 Å². The van der Waals surface area contributed by atoms with Crippen molar-refractivity contribution in [3.8, 4) is 0 Å². The first-order valence-corrected chi connectivity index (χ1v) is 11.2. The fourth-order valence-corrected chi connectivity index (χ4v) is 4.14. The van der Waals surface area contributed by atoms with E-state index in [9.17, 15) is 9.59 Å². The minimum atomic E-state index is -0.122. The first-order chi connectivity index (χ1) is 13.5. The van der Waals surface area contributed by atoms with Crippen molar-refractivity contribution in [1.29, 1.82) is 0 Å². The Labute approximate surface area is 177 Å². The third-order valence-corrected chi connectivity index (χ3v) is 5.90. The quantitative estimate of drug-likeness (QED) is 0.205. The van der Waals surface area contributed by atoms with Gasteiger partial charge in [0.15, 0.2) is 0 Å². The van der Waals surface area contributed by atoms with Crippen molar-refractivity contribution >= 4 is 46.3 Å². The molecule has 2 rings (SSSR count). The van der Waals surface area contributed by atoms with Crippen LogP contribution in [-0.2, 0) is 14.3 Å². The van der Waals surface area contributed by atoms with E-state index in [0.29, 0.717) is 28.8 Å². The molecule has 0 unspecified atom stereocenters. The van der Waals surface area contributed by atoms with Gasteiger partial charge in [-0.05, 0) is 37.8 Å². The van der Waals surface area contributed by atoms with Crippen molar-refractivity contribution < 1.29 is 14.3 Å². The highest BCUT2D eigenvalue weighted by molar-refractivity contribution is 8.26. The summed E-state index contributed by atoms with van der Waals surface area (Å²) in [5.74, 6) is -0.145. The number of benzene rings is 1. The SMILES string of the molecule is CCCCCOC(=O)CCCCCN1C(=O)/C(=C/c2ccc(C)cc2)SC1=S. The van der Waals surface area contributed by atoms with Gasteiger partial charge >= 0.3 is 5.97 Å². The van der Waals surface area contributed by atoms with Gasteiger partial charge in [0.05, 0.1) is 11.5 Å². The van der Waals surface area contributed by atoms with Crippen LogP contribution in [0.5, 0.6) is 0 Å². The Morgan fingerprint density at radius 3 is 2.61 bits per heavy atom. The topological polar surface area (TPSA) is 46.6 Å². The predicted octanol–water partition coefficient (Wildman–Crippen LogP) is 5.49. The van der Waals surface area contributed by atoms with Gasteiger partial charge < -0.3 is 4.74 Å². The molecule has 0 radical (unpaired) electrons. The van der Waals surface area contributed by atoms with Crippen molar-refractivity contribution in [2.75, 3.05) is 13.2 Å². The number of unbranched alkanes of at least 4 members (excludes halogenated alkanes) is 4. The molecule has 0 aliphatic carbocycles. The minimum absolute atomic E-state index is 0.0223. The average Bonchev–Trinajstić information content (AvgIpc) is 2.94. The molecule has 1 aliphatic rings. The summed E-state index contributed by atoms with van der Waals surface area (Å²) >= 11 is 6.73. The normalized spacial score (nSPS) is 15.5. The van der Waals surface area contributed by atoms with Crippen LogP contribution in [0.3, 0.4) is 0 Å². The van der Waals surface area contributed by atoms with E-state index in [1.807, 2.05) is 37.3 Å². The smallest absolute Gasteiger partial charge is 0.305 e. The lowest BCUT2D eigenvalue weighted by Gasteiger charge is -2.14. The maximum absolute atomic E-state index is 12.6. The van der Waals surface area contributed by atoms with Crippen LogP contribution in [0.2, 0.25) is 0 Å². The molecule has 4 nitrogen and oxygen atoms in total. The number of carbonyl (C=O) groups is 2. The number of esters is 1. The van der Waals surface area contributed by atoms with Gasteiger partial charge in [-0.2, -0.15) is 0 Å². The maximum Gasteiger partial charge on any atom is 0.305 e. The molecular weight excluding hydrogens is 390 g/mol. The van der Waals surface area contributed by atoms with Crippen molar-refractivity contribution in [3.05, 3.63) is 40.3 Å². The van der Waals surface area contributed by atoms with Gasteiger partial charge in [0.1, 0.15) is 4.32 Å². The first kappa shape index (κ1) is 22.6. The Kier molecular flexibility index (Phi) is 9.71. The summed E-state index contributed by atoms with van der Waals surface area (Å²) in [7, 11) is 0. The molecule has 0 N–H and O–H groups in total. The van der Waals surface area contributed by atoms with E-state index in [1.165, 1.54) is 17.3 Å². The molecular formula is C22H29NO3S2. The Bertz CT molecular complexity index is 713. The number of nitrogens with zero attached hydrogens (tertiary/aromatic N) is 1. The van der Waals surface area contributed by atoms with Gasteiger partial charge in [-0.3, -0.25) is 14.5 Å². The molecule has 0 aromatic heterocycles. The lowest BCUT2D eigenvalue weighted by molar-refractivity contribution is -0.144. The highest BCUT2D eigenvalue weighted by Crippen LogP contribution is 2.32. The fraction of sp³-hybridized carbons (Fsp3) is 0.500. The number of thiocarbonyl (C=S) groups is 1. The van der Waals surface area contributed by atoms with E-state index in [1.54, 1.807) is 4.90 Å². The second-order valence-corrected chi connectivity index (χ2v) is 8.66. The number of hydrogen-bond donors (Lipinski definition) is 0. The van der Waals surface area contributed by atoms with Gasteiger partial charge in [-0.25, -0.2) is 0 Å². The maximum atomic E-state index is 12.6. The number of amides is 1. The highest BCUT2D eigenvalue weighted by atomic mass is 32.2. The molecule has 1 aromatic rings. The van der Waals surface area contributed by atoms with E-state index in [0.717, 1.165) is 44.1 Å². The van der Waals surface area contributed by atoms with E-state index < -0.39 is 0 Å². The van der Waals surface area contributed by atoms with Crippen LogP contribution < -0.4 is 0 Å². The standard InChI is InChI=1S/C22H29NO3S2/c1-3-4-8-15-26-20(24)9-6-5-7-14-23-21(25)19(28-22(23)27)16-18-12-10-17(2)11-13-18/h10-13,16H,3-9,14-15H2,1-2H3/b19-16-. The zero-order valence-electron chi connectivity index (χ0n) is 16.7. The van der Waals surface area contributed by atoms with Crippen LogP contribution in [0, 0.1) is 6.92 Å². The highest BCUT2D eigenvalue weighted by Gasteiger charge is 2.31. The molecule has 6 heteroatoms. The second-order valence-electron chi connectivity index (χ2n) is 6.98. The molecule has 0 spiro atoms. The zero-order valence-corrected chi connectivity index (χ0v) is 18.4. The van der Waals surface area contributed by atoms with Crippen LogP contribution in [0.1, 0.15) is 63.0 Å². The number of thioether (sulfide) groups is 1. The van der Waals surface area contributed by atoms with Crippen molar-refractivity contribution in [3.63, 3.8) is 0 Å². The van der Waals surface area contributed by atoms with Crippen LogP contribution in [0.4, 0.5) is 0 Å². The van der Waals surface area contributed by atoms with Crippen molar-refractivity contribution in [1.82, 2.24) is 4.90 Å². The largest absolute Gasteiger partial charge is 0.466 e. The third-order valence-electron chi connectivity index (χ3n) is 4.52. The number of aryl methyl sites for hydroxylation is 1. The Morgan fingerprint density at radius 2 is 1.89 bits per heavy atom. The molecule has 28 heavy (non-hydrogen) atoms. The number of ether oxygens (including phenoxy) is 1. The molecule has 1 heterocycles. The summed E-state index contributed by atoms with van der Waals surface area (Å²) in [6, 6.07) is 8.06. The Hall–Kier alpha value is -1.66. The number of rotatable bonds is 11. The first-order valence-electron chi connectivity index (χ1n) is 9.99. The van der Waals surface area contributed by atoms with Gasteiger partial charge in [0.25, 0.3) is 5.91 Å². The summed E-state index contributed by atoms with van der Waals surface area (Å²) in [6.45, 7) is 5.28. The van der Waals surface area contributed by atoms with Crippen LogP contribution >= 0.6 is 24.0 Å². The molecule has 152 valence electrons. The average molecular weight is 420 g/mol. The number of hydrogen-bond acceptors (Lipinski definition) is 5. The molecule has 1 fully saturated rings. The summed E-state index contributed by atoms with van der Waals surface area (Å²) in [6.07, 6.45) is 7.97. The van der Waals surface area contributed by atoms with E-state index in [-0.39, 0.29) is 11.9 Å². The molecule has 1 aromatic carbocycles. The summed E-state index contributed by atoms with van der Waals surface area (Å²) in [4.78, 5) is 26.6. The molecule has 0 atom stereocenters. The van der Waals surface area contributed by atoms with Gasteiger partial charge in [-0.1, -0.05) is 80.0 Å². The van der Waals surface area contributed by atoms with E-state index in [4.69, 9.17) is 17.0 Å².